The largest absolute Gasteiger partial charge is 0.494 e. The first-order valence-electron chi connectivity index (χ1n) is 8.14. The minimum absolute atomic E-state index is 0.680. The van der Waals surface area contributed by atoms with Crippen molar-refractivity contribution in [3.05, 3.63) is 36.4 Å². The van der Waals surface area contributed by atoms with Crippen LogP contribution in [0.15, 0.2) is 24.3 Å². The first kappa shape index (κ1) is 15.0. The zero-order chi connectivity index (χ0) is 15.2. The second-order valence-corrected chi connectivity index (χ2v) is 5.63. The van der Waals surface area contributed by atoms with E-state index in [1.165, 1.54) is 32.4 Å². The van der Waals surface area contributed by atoms with Crippen LogP contribution in [-0.4, -0.2) is 45.9 Å². The average molecular weight is 299 g/mol. The molecule has 1 radical (unpaired) electrons. The van der Waals surface area contributed by atoms with Gasteiger partial charge in [-0.05, 0) is 57.1 Å². The maximum Gasteiger partial charge on any atom is 0.207 e. The van der Waals surface area contributed by atoms with Gasteiger partial charge in [-0.3, -0.25) is 4.57 Å². The number of ether oxygens (including phenoxy) is 1. The van der Waals surface area contributed by atoms with E-state index in [9.17, 15) is 0 Å². The lowest BCUT2D eigenvalue weighted by Crippen LogP contribution is -2.31. The van der Waals surface area contributed by atoms with Gasteiger partial charge in [0.2, 0.25) is 6.33 Å². The smallest absolute Gasteiger partial charge is 0.207 e. The van der Waals surface area contributed by atoms with Gasteiger partial charge in [0.25, 0.3) is 0 Å². The number of likely N-dealkylation sites (tertiary alicyclic amines) is 1. The van der Waals surface area contributed by atoms with E-state index in [1.807, 2.05) is 35.8 Å². The lowest BCUT2D eigenvalue weighted by atomic mass is 10.1. The van der Waals surface area contributed by atoms with Crippen molar-refractivity contribution in [3.63, 3.8) is 0 Å². The molecule has 0 aliphatic carbocycles. The highest BCUT2D eigenvalue weighted by atomic mass is 16.5. The van der Waals surface area contributed by atoms with Crippen LogP contribution in [0.4, 0.5) is 0 Å². The first-order chi connectivity index (χ1) is 10.9. The van der Waals surface area contributed by atoms with Crippen LogP contribution in [0.25, 0.3) is 5.69 Å². The predicted octanol–water partition coefficient (Wildman–Crippen LogP) is 2.49. The molecule has 1 fully saturated rings. The molecule has 0 saturated carbocycles. The Hall–Kier alpha value is -1.88. The summed E-state index contributed by atoms with van der Waals surface area (Å²) in [7, 11) is 0. The quantitative estimate of drug-likeness (QED) is 0.822. The van der Waals surface area contributed by atoms with Crippen molar-refractivity contribution in [1.29, 1.82) is 0 Å². The topological polar surface area (TPSA) is 43.2 Å². The molecule has 0 spiro atoms. The van der Waals surface area contributed by atoms with E-state index in [-0.39, 0.29) is 0 Å². The Bertz CT molecular complexity index is 573. The minimum atomic E-state index is 0.680. The number of aromatic nitrogens is 3. The van der Waals surface area contributed by atoms with Crippen molar-refractivity contribution < 1.29 is 4.74 Å². The number of hydrogen-bond donors (Lipinski definition) is 0. The molecule has 1 aromatic heterocycles. The fourth-order valence-electron chi connectivity index (χ4n) is 2.90. The van der Waals surface area contributed by atoms with E-state index in [1.54, 1.807) is 0 Å². The highest BCUT2D eigenvalue weighted by Gasteiger charge is 2.13. The van der Waals surface area contributed by atoms with E-state index in [4.69, 9.17) is 4.74 Å². The molecule has 1 aliphatic heterocycles. The molecule has 22 heavy (non-hydrogen) atoms. The van der Waals surface area contributed by atoms with Gasteiger partial charge in [-0.1, -0.05) is 6.42 Å². The Labute approximate surface area is 131 Å². The Morgan fingerprint density at radius 2 is 1.91 bits per heavy atom. The molecule has 1 saturated heterocycles. The van der Waals surface area contributed by atoms with E-state index in [0.717, 1.165) is 30.2 Å². The summed E-state index contributed by atoms with van der Waals surface area (Å²) in [5.41, 5.74) is 1.03. The van der Waals surface area contributed by atoms with Crippen LogP contribution in [0.1, 0.15) is 32.0 Å². The monoisotopic (exact) mass is 299 g/mol. The number of hydrogen-bond acceptors (Lipinski definition) is 4. The van der Waals surface area contributed by atoms with Crippen molar-refractivity contribution in [2.75, 3.05) is 26.2 Å². The normalized spacial score (nSPS) is 15.9. The van der Waals surface area contributed by atoms with Crippen LogP contribution < -0.4 is 4.74 Å². The fourth-order valence-corrected chi connectivity index (χ4v) is 2.90. The second kappa shape index (κ2) is 7.40. The molecule has 0 amide bonds. The van der Waals surface area contributed by atoms with Crippen LogP contribution in [-0.2, 0) is 6.42 Å². The summed E-state index contributed by atoms with van der Waals surface area (Å²) < 4.78 is 7.42. The SMILES string of the molecule is CCOc1ccc(-n2[c]nnc2CCN2CCCCC2)cc1. The molecule has 3 rings (SSSR count). The molecular formula is C17H23N4O. The van der Waals surface area contributed by atoms with Crippen LogP contribution >= 0.6 is 0 Å². The molecular weight excluding hydrogens is 276 g/mol. The third-order valence-electron chi connectivity index (χ3n) is 4.07. The highest BCUT2D eigenvalue weighted by molar-refractivity contribution is 5.37. The van der Waals surface area contributed by atoms with Crippen LogP contribution in [0.3, 0.4) is 0 Å². The standard InChI is InChI=1S/C17H23N4O/c1-2-22-16-8-6-15(7-9-16)21-14-18-19-17(21)10-13-20-11-4-3-5-12-20/h6-9H,2-5,10-13H2,1H3. The molecule has 0 N–H and O–H groups in total. The summed E-state index contributed by atoms with van der Waals surface area (Å²) in [4.78, 5) is 2.51. The molecule has 1 aliphatic rings. The van der Waals surface area contributed by atoms with Gasteiger partial charge in [0, 0.05) is 18.7 Å². The Morgan fingerprint density at radius 3 is 2.64 bits per heavy atom. The maximum atomic E-state index is 5.48. The van der Waals surface area contributed by atoms with E-state index in [2.05, 4.69) is 21.4 Å². The molecule has 5 nitrogen and oxygen atoms in total. The van der Waals surface area contributed by atoms with Crippen LogP contribution in [0.5, 0.6) is 5.75 Å². The number of nitrogens with zero attached hydrogens (tertiary/aromatic N) is 4. The summed E-state index contributed by atoms with van der Waals surface area (Å²) in [6, 6.07) is 7.99. The highest BCUT2D eigenvalue weighted by Crippen LogP contribution is 2.17. The molecule has 0 unspecified atom stereocenters. The van der Waals surface area contributed by atoms with Crippen LogP contribution in [0.2, 0.25) is 0 Å². The van der Waals surface area contributed by atoms with Crippen LogP contribution in [0, 0.1) is 6.33 Å². The molecule has 2 aromatic rings. The number of benzene rings is 1. The van der Waals surface area contributed by atoms with Crippen molar-refractivity contribution >= 4 is 0 Å². The van der Waals surface area contributed by atoms with Crippen molar-refractivity contribution in [2.45, 2.75) is 32.6 Å². The Balaban J connectivity index is 1.65. The summed E-state index contributed by atoms with van der Waals surface area (Å²) >= 11 is 0. The number of rotatable bonds is 6. The van der Waals surface area contributed by atoms with Gasteiger partial charge < -0.3 is 9.64 Å². The lowest BCUT2D eigenvalue weighted by Gasteiger charge is -2.26. The lowest BCUT2D eigenvalue weighted by molar-refractivity contribution is 0.230. The summed E-state index contributed by atoms with van der Waals surface area (Å²) in [6.45, 7) is 6.13. The average Bonchev–Trinajstić information content (AvgIpc) is 3.03. The van der Waals surface area contributed by atoms with Gasteiger partial charge in [-0.25, -0.2) is 0 Å². The zero-order valence-corrected chi connectivity index (χ0v) is 13.2. The van der Waals surface area contributed by atoms with E-state index >= 15 is 0 Å². The summed E-state index contributed by atoms with van der Waals surface area (Å²) in [6.07, 6.45) is 7.87. The molecule has 1 aromatic carbocycles. The second-order valence-electron chi connectivity index (χ2n) is 5.63. The number of piperidine rings is 1. The van der Waals surface area contributed by atoms with Crippen molar-refractivity contribution in [2.24, 2.45) is 0 Å². The summed E-state index contributed by atoms with van der Waals surface area (Å²) in [5, 5.41) is 8.19. The van der Waals surface area contributed by atoms with Crippen molar-refractivity contribution in [3.8, 4) is 11.4 Å². The first-order valence-corrected chi connectivity index (χ1v) is 8.14. The molecule has 5 heteroatoms. The molecule has 0 bridgehead atoms. The third kappa shape index (κ3) is 3.65. The van der Waals surface area contributed by atoms with Gasteiger partial charge >= 0.3 is 0 Å². The molecule has 2 heterocycles. The minimum Gasteiger partial charge on any atom is -0.494 e. The summed E-state index contributed by atoms with van der Waals surface area (Å²) in [5.74, 6) is 1.85. The van der Waals surface area contributed by atoms with Gasteiger partial charge in [0.1, 0.15) is 11.6 Å². The van der Waals surface area contributed by atoms with Crippen molar-refractivity contribution in [1.82, 2.24) is 19.7 Å². The zero-order valence-electron chi connectivity index (χ0n) is 13.2. The molecule has 117 valence electrons. The van der Waals surface area contributed by atoms with Gasteiger partial charge in [0.05, 0.1) is 6.61 Å². The van der Waals surface area contributed by atoms with Gasteiger partial charge in [-0.15, -0.1) is 10.2 Å². The Kier molecular flexibility index (Phi) is 5.06. The molecule has 0 atom stereocenters. The third-order valence-corrected chi connectivity index (χ3v) is 4.07. The fraction of sp³-hybridized carbons (Fsp3) is 0.529. The van der Waals surface area contributed by atoms with Gasteiger partial charge in [0.15, 0.2) is 0 Å². The van der Waals surface area contributed by atoms with E-state index < -0.39 is 0 Å². The van der Waals surface area contributed by atoms with Gasteiger partial charge in [-0.2, -0.15) is 0 Å². The van der Waals surface area contributed by atoms with E-state index in [0.29, 0.717) is 6.61 Å². The Morgan fingerprint density at radius 1 is 1.14 bits per heavy atom. The predicted molar refractivity (Wildman–Crippen MR) is 85.4 cm³/mol. The maximum absolute atomic E-state index is 5.48.